The van der Waals surface area contributed by atoms with E-state index in [1.807, 2.05) is 24.3 Å². The fourth-order valence-corrected chi connectivity index (χ4v) is 4.67. The number of halogens is 3. The molecule has 27 heavy (non-hydrogen) atoms. The molecule has 3 aromatic carbocycles. The maximum Gasteiger partial charge on any atom is 0.416 e. The minimum absolute atomic E-state index is 0.0853. The number of rotatable bonds is 1. The molecule has 136 valence electrons. The maximum atomic E-state index is 13.7. The first kappa shape index (κ1) is 16.4. The van der Waals surface area contributed by atoms with Gasteiger partial charge in [-0.3, -0.25) is 0 Å². The van der Waals surface area contributed by atoms with Crippen molar-refractivity contribution in [2.45, 2.75) is 24.6 Å². The van der Waals surface area contributed by atoms with Gasteiger partial charge in [0, 0.05) is 17.0 Å². The van der Waals surface area contributed by atoms with Crippen molar-refractivity contribution in [3.8, 4) is 0 Å². The summed E-state index contributed by atoms with van der Waals surface area (Å²) in [5.41, 5.74) is 1.93. The van der Waals surface area contributed by atoms with E-state index in [4.69, 9.17) is 0 Å². The summed E-state index contributed by atoms with van der Waals surface area (Å²) in [5, 5.41) is 5.65. The van der Waals surface area contributed by atoms with E-state index in [0.717, 1.165) is 22.9 Å². The van der Waals surface area contributed by atoms with Crippen molar-refractivity contribution < 1.29 is 13.2 Å². The van der Waals surface area contributed by atoms with Crippen molar-refractivity contribution in [2.75, 3.05) is 5.32 Å². The molecule has 0 saturated heterocycles. The Balaban J connectivity index is 1.71. The molecule has 0 spiro atoms. The molecule has 2 aliphatic rings. The highest BCUT2D eigenvalue weighted by atomic mass is 19.4. The molecule has 1 aliphatic carbocycles. The highest BCUT2D eigenvalue weighted by Gasteiger charge is 2.42. The van der Waals surface area contributed by atoms with E-state index in [1.165, 1.54) is 17.7 Å². The number of hydrogen-bond acceptors (Lipinski definition) is 1. The van der Waals surface area contributed by atoms with E-state index in [2.05, 4.69) is 29.6 Å². The molecular weight excluding hydrogens is 347 g/mol. The van der Waals surface area contributed by atoms with Gasteiger partial charge in [-0.05, 0) is 34.9 Å². The third kappa shape index (κ3) is 2.54. The summed E-state index contributed by atoms with van der Waals surface area (Å²) in [6, 6.07) is 17.8. The fraction of sp³-hybridized carbons (Fsp3) is 0.217. The van der Waals surface area contributed by atoms with E-state index >= 15 is 0 Å². The Morgan fingerprint density at radius 3 is 2.48 bits per heavy atom. The first-order chi connectivity index (χ1) is 13.0. The average Bonchev–Trinajstić information content (AvgIpc) is 3.16. The van der Waals surface area contributed by atoms with Crippen molar-refractivity contribution in [2.24, 2.45) is 5.92 Å². The number of nitrogens with one attached hydrogen (secondary N) is 1. The number of fused-ring (bicyclic) bond motifs is 5. The molecule has 3 aromatic rings. The minimum Gasteiger partial charge on any atom is -0.377 e. The third-order valence-corrected chi connectivity index (χ3v) is 5.86. The summed E-state index contributed by atoms with van der Waals surface area (Å²) in [4.78, 5) is 0. The van der Waals surface area contributed by atoms with Crippen LogP contribution >= 0.6 is 0 Å². The largest absolute Gasteiger partial charge is 0.416 e. The van der Waals surface area contributed by atoms with Gasteiger partial charge in [0.2, 0.25) is 0 Å². The SMILES string of the molecule is FC(F)(F)c1ccccc1[C@@H]1Nc2c(ccc3ccccc23)[C@@H]2C=CC[C@@H]21. The van der Waals surface area contributed by atoms with Crippen molar-refractivity contribution >= 4 is 16.5 Å². The zero-order valence-electron chi connectivity index (χ0n) is 14.5. The molecule has 0 radical (unpaired) electrons. The number of benzene rings is 3. The topological polar surface area (TPSA) is 12.0 Å². The van der Waals surface area contributed by atoms with Gasteiger partial charge in [-0.1, -0.05) is 66.7 Å². The Kier molecular flexibility index (Phi) is 3.58. The van der Waals surface area contributed by atoms with Gasteiger partial charge >= 0.3 is 6.18 Å². The normalized spacial score (nSPS) is 23.7. The first-order valence-corrected chi connectivity index (χ1v) is 9.15. The van der Waals surface area contributed by atoms with Crippen LogP contribution in [0.25, 0.3) is 10.8 Å². The quantitative estimate of drug-likeness (QED) is 0.474. The molecule has 5 rings (SSSR count). The number of anilines is 1. The van der Waals surface area contributed by atoms with Gasteiger partial charge in [-0.25, -0.2) is 0 Å². The zero-order valence-corrected chi connectivity index (χ0v) is 14.5. The Morgan fingerprint density at radius 2 is 1.63 bits per heavy atom. The van der Waals surface area contributed by atoms with Crippen LogP contribution < -0.4 is 5.32 Å². The van der Waals surface area contributed by atoms with Gasteiger partial charge in [0.05, 0.1) is 11.6 Å². The van der Waals surface area contributed by atoms with Crippen LogP contribution in [-0.2, 0) is 6.18 Å². The van der Waals surface area contributed by atoms with Gasteiger partial charge in [-0.2, -0.15) is 13.2 Å². The lowest BCUT2D eigenvalue weighted by Crippen LogP contribution is -2.30. The maximum absolute atomic E-state index is 13.7. The average molecular weight is 365 g/mol. The summed E-state index contributed by atoms with van der Waals surface area (Å²) in [7, 11) is 0. The predicted molar refractivity (Wildman–Crippen MR) is 102 cm³/mol. The smallest absolute Gasteiger partial charge is 0.377 e. The molecule has 3 atom stereocenters. The second-order valence-corrected chi connectivity index (χ2v) is 7.31. The lowest BCUT2D eigenvalue weighted by molar-refractivity contribution is -0.138. The van der Waals surface area contributed by atoms with Crippen molar-refractivity contribution in [1.82, 2.24) is 0 Å². The highest BCUT2D eigenvalue weighted by molar-refractivity contribution is 5.96. The third-order valence-electron chi connectivity index (χ3n) is 5.86. The fourth-order valence-electron chi connectivity index (χ4n) is 4.67. The zero-order chi connectivity index (χ0) is 18.6. The summed E-state index contributed by atoms with van der Waals surface area (Å²) < 4.78 is 41.0. The van der Waals surface area contributed by atoms with Crippen LogP contribution in [0.1, 0.15) is 35.1 Å². The molecular formula is C23H18F3N. The Hall–Kier alpha value is -2.75. The minimum atomic E-state index is -4.36. The van der Waals surface area contributed by atoms with Gasteiger partial charge < -0.3 is 5.32 Å². The Morgan fingerprint density at radius 1 is 0.852 bits per heavy atom. The molecule has 1 heterocycles. The molecule has 4 heteroatoms. The summed E-state index contributed by atoms with van der Waals surface area (Å²) in [6.45, 7) is 0. The molecule has 0 amide bonds. The highest BCUT2D eigenvalue weighted by Crippen LogP contribution is 2.52. The second kappa shape index (κ2) is 5.88. The molecule has 1 N–H and O–H groups in total. The molecule has 0 saturated carbocycles. The van der Waals surface area contributed by atoms with Crippen molar-refractivity contribution in [3.05, 3.63) is 89.5 Å². The van der Waals surface area contributed by atoms with Crippen LogP contribution in [0, 0.1) is 5.92 Å². The predicted octanol–water partition coefficient (Wildman–Crippen LogP) is 6.69. The molecule has 0 unspecified atom stereocenters. The van der Waals surface area contributed by atoms with Crippen LogP contribution in [0.5, 0.6) is 0 Å². The lowest BCUT2D eigenvalue weighted by Gasteiger charge is -2.39. The summed E-state index contributed by atoms with van der Waals surface area (Å²) in [5.74, 6) is 0.222. The van der Waals surface area contributed by atoms with Crippen molar-refractivity contribution in [1.29, 1.82) is 0 Å². The van der Waals surface area contributed by atoms with Crippen LogP contribution in [0.15, 0.2) is 72.8 Å². The second-order valence-electron chi connectivity index (χ2n) is 7.31. The Bertz CT molecular complexity index is 1050. The van der Waals surface area contributed by atoms with Crippen LogP contribution in [-0.4, -0.2) is 0 Å². The summed E-state index contributed by atoms with van der Waals surface area (Å²) in [6.07, 6.45) is 0.673. The van der Waals surface area contributed by atoms with Gasteiger partial charge in [-0.15, -0.1) is 0 Å². The van der Waals surface area contributed by atoms with Gasteiger partial charge in [0.15, 0.2) is 0 Å². The lowest BCUT2D eigenvalue weighted by atomic mass is 9.75. The van der Waals surface area contributed by atoms with Crippen LogP contribution in [0.4, 0.5) is 18.9 Å². The van der Waals surface area contributed by atoms with Crippen LogP contribution in [0.2, 0.25) is 0 Å². The van der Waals surface area contributed by atoms with Crippen molar-refractivity contribution in [3.63, 3.8) is 0 Å². The molecule has 0 fully saturated rings. The first-order valence-electron chi connectivity index (χ1n) is 9.15. The Labute approximate surface area is 155 Å². The van der Waals surface area contributed by atoms with E-state index in [9.17, 15) is 13.2 Å². The van der Waals surface area contributed by atoms with Gasteiger partial charge in [0.25, 0.3) is 0 Å². The van der Waals surface area contributed by atoms with E-state index in [-0.39, 0.29) is 17.9 Å². The number of hydrogen-bond donors (Lipinski definition) is 1. The standard InChI is InChI=1S/C23H18F3N/c24-23(25,26)20-11-4-3-8-19(20)22-17-10-5-9-16(17)18-13-12-14-6-1-2-7-15(14)21(18)27-22/h1-9,11-13,16-17,22,27H,10H2/t16-,17+,22-/m1/s1. The monoisotopic (exact) mass is 365 g/mol. The number of alkyl halides is 3. The molecule has 0 aromatic heterocycles. The van der Waals surface area contributed by atoms with E-state index in [1.54, 1.807) is 12.1 Å². The number of allylic oxidation sites excluding steroid dienone is 2. The van der Waals surface area contributed by atoms with Gasteiger partial charge in [0.1, 0.15) is 0 Å². The molecule has 1 aliphatic heterocycles. The molecule has 1 nitrogen and oxygen atoms in total. The van der Waals surface area contributed by atoms with Crippen LogP contribution in [0.3, 0.4) is 0 Å². The molecule has 0 bridgehead atoms. The van der Waals surface area contributed by atoms with E-state index < -0.39 is 11.7 Å². The summed E-state index contributed by atoms with van der Waals surface area (Å²) >= 11 is 0. The van der Waals surface area contributed by atoms with E-state index in [0.29, 0.717) is 5.56 Å².